The number of hydrogen-bond acceptors (Lipinski definition) is 8. The van der Waals surface area contributed by atoms with Gasteiger partial charge in [-0.05, 0) is 74.7 Å². The second-order valence-electron chi connectivity index (χ2n) is 11.0. The summed E-state index contributed by atoms with van der Waals surface area (Å²) in [5, 5.41) is 9.54. The summed E-state index contributed by atoms with van der Waals surface area (Å²) in [5.74, 6) is 0.503. The Morgan fingerprint density at radius 3 is 2.47 bits per heavy atom. The van der Waals surface area contributed by atoms with E-state index < -0.39 is 26.4 Å². The third-order valence-corrected chi connectivity index (χ3v) is 10.5. The molecule has 11 nitrogen and oxygen atoms in total. The second kappa shape index (κ2) is 11.0. The Morgan fingerprint density at radius 2 is 1.81 bits per heavy atom. The van der Waals surface area contributed by atoms with Gasteiger partial charge in [-0.15, -0.1) is 0 Å². The Hall–Kier alpha value is -4.36. The molecule has 2 aromatic carbocycles. The number of aryl methyl sites for hydroxylation is 2. The molecule has 3 heterocycles. The van der Waals surface area contributed by atoms with Crippen molar-refractivity contribution in [1.29, 1.82) is 0 Å². The van der Waals surface area contributed by atoms with E-state index in [1.165, 1.54) is 18.2 Å². The van der Waals surface area contributed by atoms with Crippen molar-refractivity contribution in [2.45, 2.75) is 42.4 Å². The Morgan fingerprint density at radius 1 is 1.07 bits per heavy atom. The normalized spacial score (nSPS) is 17.9. The number of halogens is 1. The summed E-state index contributed by atoms with van der Waals surface area (Å²) in [7, 11) is -2.13. The van der Waals surface area contributed by atoms with Gasteiger partial charge in [0.15, 0.2) is 15.7 Å². The minimum atomic E-state index is -3.89. The van der Waals surface area contributed by atoms with Gasteiger partial charge in [-0.1, -0.05) is 0 Å². The van der Waals surface area contributed by atoms with Crippen LogP contribution in [0.3, 0.4) is 0 Å². The molecule has 2 fully saturated rings. The highest BCUT2D eigenvalue weighted by atomic mass is 32.2. The first-order valence-corrected chi connectivity index (χ1v) is 15.5. The SMILES string of the molecule is Cc1cc(F)ccc1S(=O)(=O)C1(c2cc(N3CCOC[C@@H]3C)nc(-c3ccc(NC(=O)Nc4cnn(C)c4)cc3)n2)CC1. The van der Waals surface area contributed by atoms with E-state index in [0.717, 1.165) is 0 Å². The van der Waals surface area contributed by atoms with E-state index in [9.17, 15) is 17.6 Å². The second-order valence-corrected chi connectivity index (χ2v) is 13.2. The molecule has 0 radical (unpaired) electrons. The van der Waals surface area contributed by atoms with E-state index in [4.69, 9.17) is 14.7 Å². The number of aromatic nitrogens is 4. The zero-order valence-corrected chi connectivity index (χ0v) is 24.9. The van der Waals surface area contributed by atoms with Crippen LogP contribution in [0, 0.1) is 12.7 Å². The number of sulfone groups is 1. The molecule has 0 spiro atoms. The number of carbonyl (C=O) groups excluding carboxylic acids is 1. The zero-order valence-electron chi connectivity index (χ0n) is 24.0. The molecule has 2 aliphatic rings. The van der Waals surface area contributed by atoms with Crippen LogP contribution in [0.4, 0.5) is 26.4 Å². The highest BCUT2D eigenvalue weighted by Gasteiger charge is 2.58. The topological polar surface area (TPSA) is 131 Å². The van der Waals surface area contributed by atoms with Gasteiger partial charge < -0.3 is 20.3 Å². The number of carbonyl (C=O) groups is 1. The van der Waals surface area contributed by atoms with Crippen LogP contribution in [0.1, 0.15) is 31.0 Å². The molecular formula is C30H32FN7O4S. The molecule has 4 aromatic rings. The summed E-state index contributed by atoms with van der Waals surface area (Å²) < 4.78 is 47.9. The molecule has 0 bridgehead atoms. The van der Waals surface area contributed by atoms with Gasteiger partial charge in [0.25, 0.3) is 0 Å². The van der Waals surface area contributed by atoms with Crippen LogP contribution in [0.2, 0.25) is 0 Å². The molecule has 2 amide bonds. The van der Waals surface area contributed by atoms with Crippen LogP contribution < -0.4 is 15.5 Å². The first-order valence-electron chi connectivity index (χ1n) is 14.0. The summed E-state index contributed by atoms with van der Waals surface area (Å²) in [5.41, 5.74) is 2.54. The Labute approximate surface area is 249 Å². The van der Waals surface area contributed by atoms with Crippen molar-refractivity contribution in [2.24, 2.45) is 7.05 Å². The van der Waals surface area contributed by atoms with E-state index in [1.54, 1.807) is 61.4 Å². The lowest BCUT2D eigenvalue weighted by atomic mass is 10.1. The molecule has 2 aromatic heterocycles. The molecule has 1 aliphatic carbocycles. The fourth-order valence-corrected chi connectivity index (χ4v) is 7.56. The molecule has 6 rings (SSSR count). The number of hydrogen-bond donors (Lipinski definition) is 2. The van der Waals surface area contributed by atoms with E-state index in [1.807, 2.05) is 6.92 Å². The third kappa shape index (κ3) is 5.57. The molecule has 224 valence electrons. The van der Waals surface area contributed by atoms with Crippen LogP contribution in [0.25, 0.3) is 11.4 Å². The highest BCUT2D eigenvalue weighted by molar-refractivity contribution is 7.92. The minimum absolute atomic E-state index is 0.0281. The van der Waals surface area contributed by atoms with Crippen molar-refractivity contribution in [3.05, 3.63) is 78.0 Å². The number of urea groups is 1. The predicted octanol–water partition coefficient (Wildman–Crippen LogP) is 4.66. The molecule has 13 heteroatoms. The van der Waals surface area contributed by atoms with Crippen LogP contribution >= 0.6 is 0 Å². The molecule has 2 N–H and O–H groups in total. The number of morpholine rings is 1. The number of benzene rings is 2. The lowest BCUT2D eigenvalue weighted by Gasteiger charge is -2.34. The maximum Gasteiger partial charge on any atom is 0.323 e. The van der Waals surface area contributed by atoms with E-state index in [2.05, 4.69) is 20.6 Å². The van der Waals surface area contributed by atoms with Gasteiger partial charge in [0.05, 0.1) is 41.7 Å². The lowest BCUT2D eigenvalue weighted by Crippen LogP contribution is -2.44. The summed E-state index contributed by atoms with van der Waals surface area (Å²) in [6.07, 6.45) is 4.03. The standard InChI is InChI=1S/C30H32FN7O4S/c1-19-14-22(31)6-9-25(19)43(40,41)30(10-11-30)26-15-27(38-12-13-42-18-20(38)2)36-28(35-26)21-4-7-23(8-5-21)33-29(39)34-24-16-32-37(3)17-24/h4-9,14-17,20H,10-13,18H2,1-3H3,(H2,33,34,39)/t20-/m0/s1. The summed E-state index contributed by atoms with van der Waals surface area (Å²) in [6.45, 7) is 5.28. The van der Waals surface area contributed by atoms with Crippen LogP contribution in [-0.2, 0) is 26.4 Å². The first kappa shape index (κ1) is 28.7. The van der Waals surface area contributed by atoms with Gasteiger partial charge in [-0.2, -0.15) is 5.10 Å². The van der Waals surface area contributed by atoms with Crippen LogP contribution in [0.15, 0.2) is 65.8 Å². The third-order valence-electron chi connectivity index (χ3n) is 7.85. The summed E-state index contributed by atoms with van der Waals surface area (Å²) in [4.78, 5) is 24.3. The fraction of sp³-hybridized carbons (Fsp3) is 0.333. The Kier molecular flexibility index (Phi) is 7.38. The van der Waals surface area contributed by atoms with Gasteiger partial charge in [0.2, 0.25) is 0 Å². The number of nitrogens with zero attached hydrogens (tertiary/aromatic N) is 5. The number of amides is 2. The van der Waals surface area contributed by atoms with Crippen LogP contribution in [-0.4, -0.2) is 60.0 Å². The summed E-state index contributed by atoms with van der Waals surface area (Å²) >= 11 is 0. The van der Waals surface area contributed by atoms with Crippen molar-refractivity contribution in [3.8, 4) is 11.4 Å². The first-order chi connectivity index (χ1) is 20.6. The fourth-order valence-electron chi connectivity index (χ4n) is 5.39. The number of rotatable bonds is 7. The van der Waals surface area contributed by atoms with Gasteiger partial charge in [0.1, 0.15) is 16.4 Å². The van der Waals surface area contributed by atoms with Crippen molar-refractivity contribution < 1.29 is 22.3 Å². The van der Waals surface area contributed by atoms with Crippen molar-refractivity contribution in [2.75, 3.05) is 35.3 Å². The number of ether oxygens (including phenoxy) is 1. The van der Waals surface area contributed by atoms with Gasteiger partial charge in [-0.25, -0.2) is 27.6 Å². The number of anilines is 3. The molecule has 1 saturated carbocycles. The zero-order chi connectivity index (χ0) is 30.4. The highest BCUT2D eigenvalue weighted by Crippen LogP contribution is 2.55. The predicted molar refractivity (Wildman–Crippen MR) is 160 cm³/mol. The van der Waals surface area contributed by atoms with Crippen LogP contribution in [0.5, 0.6) is 0 Å². The monoisotopic (exact) mass is 605 g/mol. The van der Waals surface area contributed by atoms with E-state index in [-0.39, 0.29) is 10.9 Å². The Balaban J connectivity index is 1.35. The van der Waals surface area contributed by atoms with E-state index >= 15 is 0 Å². The minimum Gasteiger partial charge on any atom is -0.377 e. The smallest absolute Gasteiger partial charge is 0.323 e. The van der Waals surface area contributed by atoms with Gasteiger partial charge in [0, 0.05) is 37.1 Å². The number of nitrogens with one attached hydrogen (secondary N) is 2. The van der Waals surface area contributed by atoms with E-state index in [0.29, 0.717) is 72.4 Å². The molecule has 1 saturated heterocycles. The summed E-state index contributed by atoms with van der Waals surface area (Å²) in [6, 6.07) is 12.2. The Bertz CT molecular complexity index is 1790. The largest absolute Gasteiger partial charge is 0.377 e. The molecule has 0 unspecified atom stereocenters. The van der Waals surface area contributed by atoms with Gasteiger partial charge >= 0.3 is 6.03 Å². The van der Waals surface area contributed by atoms with Crippen molar-refractivity contribution in [1.82, 2.24) is 19.7 Å². The molecule has 43 heavy (non-hydrogen) atoms. The van der Waals surface area contributed by atoms with Gasteiger partial charge in [-0.3, -0.25) is 4.68 Å². The average Bonchev–Trinajstić information content (AvgIpc) is 3.70. The molecule has 1 atom stereocenters. The molecule has 1 aliphatic heterocycles. The average molecular weight is 606 g/mol. The lowest BCUT2D eigenvalue weighted by molar-refractivity contribution is 0.0985. The van der Waals surface area contributed by atoms with Crippen molar-refractivity contribution >= 4 is 33.1 Å². The van der Waals surface area contributed by atoms with Crippen molar-refractivity contribution in [3.63, 3.8) is 0 Å². The maximum atomic E-state index is 14.1. The quantitative estimate of drug-likeness (QED) is 0.291. The maximum absolute atomic E-state index is 14.1. The molecular weight excluding hydrogens is 573 g/mol.